The lowest BCUT2D eigenvalue weighted by atomic mass is 9.94. The second-order valence-electron chi connectivity index (χ2n) is 5.27. The van der Waals surface area contributed by atoms with Crippen LogP contribution in [0.5, 0.6) is 0 Å². The van der Waals surface area contributed by atoms with E-state index in [1.807, 2.05) is 13.8 Å². The lowest BCUT2D eigenvalue weighted by molar-refractivity contribution is -0.0615. The molecule has 1 N–H and O–H groups in total. The minimum atomic E-state index is -0.185. The van der Waals surface area contributed by atoms with E-state index in [-0.39, 0.29) is 17.6 Å². The third-order valence-corrected chi connectivity index (χ3v) is 4.22. The van der Waals surface area contributed by atoms with E-state index in [2.05, 4.69) is 26.2 Å². The molecule has 0 radical (unpaired) electrons. The summed E-state index contributed by atoms with van der Waals surface area (Å²) in [6.07, 6.45) is 3.12. The molecule has 2 rings (SSSR count). The van der Waals surface area contributed by atoms with Crippen LogP contribution in [0.3, 0.4) is 0 Å². The van der Waals surface area contributed by atoms with Crippen LogP contribution in [-0.4, -0.2) is 29.1 Å². The molecule has 1 atom stereocenters. The summed E-state index contributed by atoms with van der Waals surface area (Å²) in [6.45, 7) is 4.73. The zero-order chi connectivity index (χ0) is 14.0. The predicted octanol–water partition coefficient (Wildman–Crippen LogP) is 3.18. The van der Waals surface area contributed by atoms with Crippen molar-refractivity contribution < 1.29 is 9.53 Å². The third kappa shape index (κ3) is 3.91. The number of nitrogens with one attached hydrogen (secondary N) is 1. The highest BCUT2D eigenvalue weighted by Gasteiger charge is 2.29. The maximum atomic E-state index is 12.1. The molecular weight excluding hydrogens is 332 g/mol. The number of rotatable bonds is 2. The normalized spacial score (nSPS) is 22.0. The number of halogens is 2. The van der Waals surface area contributed by atoms with Crippen LogP contribution in [0.1, 0.15) is 37.0 Å². The largest absolute Gasteiger partial charge is 0.375 e. The Labute approximate surface area is 126 Å². The molecule has 1 aliphatic heterocycles. The smallest absolute Gasteiger partial charge is 0.253 e. The Balaban J connectivity index is 2.02. The van der Waals surface area contributed by atoms with Crippen LogP contribution in [0.25, 0.3) is 0 Å². The number of hydrogen-bond acceptors (Lipinski definition) is 3. The van der Waals surface area contributed by atoms with Crippen LogP contribution in [0.4, 0.5) is 0 Å². The molecule has 6 heteroatoms. The first-order valence-corrected chi connectivity index (χ1v) is 7.30. The quantitative estimate of drug-likeness (QED) is 0.836. The molecule has 2 heterocycles. The van der Waals surface area contributed by atoms with Crippen LogP contribution in [0, 0.1) is 0 Å². The van der Waals surface area contributed by atoms with E-state index in [0.29, 0.717) is 21.8 Å². The molecule has 0 bridgehead atoms. The van der Waals surface area contributed by atoms with Crippen molar-refractivity contribution in [1.82, 2.24) is 10.3 Å². The topological polar surface area (TPSA) is 51.2 Å². The first-order valence-electron chi connectivity index (χ1n) is 6.13. The van der Waals surface area contributed by atoms with E-state index in [0.717, 1.165) is 12.8 Å². The molecule has 0 aliphatic carbocycles. The number of pyridine rings is 1. The number of amides is 1. The van der Waals surface area contributed by atoms with Gasteiger partial charge in [0.15, 0.2) is 0 Å². The molecule has 104 valence electrons. The summed E-state index contributed by atoms with van der Waals surface area (Å²) in [5.74, 6) is -0.132. The van der Waals surface area contributed by atoms with Crippen molar-refractivity contribution in [1.29, 1.82) is 0 Å². The van der Waals surface area contributed by atoms with E-state index < -0.39 is 0 Å². The van der Waals surface area contributed by atoms with Crippen LogP contribution >= 0.6 is 27.5 Å². The number of hydrogen-bond donors (Lipinski definition) is 1. The first-order chi connectivity index (χ1) is 8.87. The van der Waals surface area contributed by atoms with E-state index >= 15 is 0 Å². The van der Waals surface area contributed by atoms with Gasteiger partial charge in [0, 0.05) is 18.8 Å². The fourth-order valence-electron chi connectivity index (χ4n) is 2.17. The molecule has 1 saturated heterocycles. The molecule has 1 aromatic rings. The number of carbonyl (C=O) groups is 1. The molecule has 1 aliphatic rings. The summed E-state index contributed by atoms with van der Waals surface area (Å²) >= 11 is 9.07. The van der Waals surface area contributed by atoms with Crippen LogP contribution in [0.15, 0.2) is 16.7 Å². The van der Waals surface area contributed by atoms with Gasteiger partial charge in [-0.15, -0.1) is 0 Å². The highest BCUT2D eigenvalue weighted by molar-refractivity contribution is 9.10. The molecule has 0 aromatic carbocycles. The Morgan fingerprint density at radius 1 is 1.63 bits per heavy atom. The van der Waals surface area contributed by atoms with Crippen molar-refractivity contribution in [3.05, 3.63) is 27.5 Å². The van der Waals surface area contributed by atoms with Crippen molar-refractivity contribution in [2.45, 2.75) is 38.3 Å². The summed E-state index contributed by atoms with van der Waals surface area (Å²) in [5, 5.41) is 3.37. The highest BCUT2D eigenvalue weighted by Crippen LogP contribution is 2.25. The van der Waals surface area contributed by atoms with Gasteiger partial charge in [-0.3, -0.25) is 4.79 Å². The SMILES string of the molecule is CC1(C)C[C@@H](NC(=O)c2cnc(Cl)c(Br)c2)CCO1. The Morgan fingerprint density at radius 3 is 3.00 bits per heavy atom. The second-order valence-corrected chi connectivity index (χ2v) is 6.48. The fourth-order valence-corrected chi connectivity index (χ4v) is 2.62. The van der Waals surface area contributed by atoms with Gasteiger partial charge in [0.1, 0.15) is 5.15 Å². The summed E-state index contributed by atoms with van der Waals surface area (Å²) in [5.41, 5.74) is 0.315. The number of ether oxygens (including phenoxy) is 1. The maximum Gasteiger partial charge on any atom is 0.253 e. The molecule has 0 saturated carbocycles. The lowest BCUT2D eigenvalue weighted by Crippen LogP contribution is -2.45. The van der Waals surface area contributed by atoms with Gasteiger partial charge in [0.05, 0.1) is 15.6 Å². The molecule has 1 amide bonds. The second kappa shape index (κ2) is 5.77. The molecule has 1 aromatic heterocycles. The molecule has 1 fully saturated rings. The highest BCUT2D eigenvalue weighted by atomic mass is 79.9. The van der Waals surface area contributed by atoms with E-state index in [4.69, 9.17) is 16.3 Å². The third-order valence-electron chi connectivity index (χ3n) is 3.09. The van der Waals surface area contributed by atoms with Crippen LogP contribution in [-0.2, 0) is 4.74 Å². The average Bonchev–Trinajstić information content (AvgIpc) is 2.31. The summed E-state index contributed by atoms with van der Waals surface area (Å²) in [7, 11) is 0. The molecular formula is C13H16BrClN2O2. The predicted molar refractivity (Wildman–Crippen MR) is 77.5 cm³/mol. The Bertz CT molecular complexity index is 494. The van der Waals surface area contributed by atoms with Gasteiger partial charge in [-0.1, -0.05) is 11.6 Å². The number of aromatic nitrogens is 1. The average molecular weight is 348 g/mol. The molecule has 0 spiro atoms. The first kappa shape index (κ1) is 14.8. The van der Waals surface area contributed by atoms with Crippen LogP contribution < -0.4 is 5.32 Å². The zero-order valence-corrected chi connectivity index (χ0v) is 13.2. The van der Waals surface area contributed by atoms with Gasteiger partial charge in [0.2, 0.25) is 0 Å². The van der Waals surface area contributed by atoms with Gasteiger partial charge in [0.25, 0.3) is 5.91 Å². The van der Waals surface area contributed by atoms with Crippen molar-refractivity contribution >= 4 is 33.4 Å². The van der Waals surface area contributed by atoms with Gasteiger partial charge in [-0.2, -0.15) is 0 Å². The fraction of sp³-hybridized carbons (Fsp3) is 0.538. The van der Waals surface area contributed by atoms with Crippen molar-refractivity contribution in [3.63, 3.8) is 0 Å². The summed E-state index contributed by atoms with van der Waals surface area (Å²) < 4.78 is 6.25. The van der Waals surface area contributed by atoms with E-state index in [1.54, 1.807) is 6.07 Å². The summed E-state index contributed by atoms with van der Waals surface area (Å²) in [4.78, 5) is 16.1. The molecule has 4 nitrogen and oxygen atoms in total. The van der Waals surface area contributed by atoms with Crippen molar-refractivity contribution in [2.24, 2.45) is 0 Å². The van der Waals surface area contributed by atoms with E-state index in [9.17, 15) is 4.79 Å². The Kier molecular flexibility index (Phi) is 4.48. The van der Waals surface area contributed by atoms with Crippen molar-refractivity contribution in [2.75, 3.05) is 6.61 Å². The Hall–Kier alpha value is -0.650. The summed E-state index contributed by atoms with van der Waals surface area (Å²) in [6, 6.07) is 1.81. The van der Waals surface area contributed by atoms with Gasteiger partial charge in [-0.25, -0.2) is 4.98 Å². The monoisotopic (exact) mass is 346 g/mol. The van der Waals surface area contributed by atoms with E-state index in [1.165, 1.54) is 6.20 Å². The van der Waals surface area contributed by atoms with Gasteiger partial charge >= 0.3 is 0 Å². The van der Waals surface area contributed by atoms with Gasteiger partial charge < -0.3 is 10.1 Å². The van der Waals surface area contributed by atoms with Crippen LogP contribution in [0.2, 0.25) is 5.15 Å². The number of carbonyl (C=O) groups excluding carboxylic acids is 1. The Morgan fingerprint density at radius 2 is 2.37 bits per heavy atom. The van der Waals surface area contributed by atoms with Gasteiger partial charge in [-0.05, 0) is 48.7 Å². The van der Waals surface area contributed by atoms with Crippen molar-refractivity contribution in [3.8, 4) is 0 Å². The minimum absolute atomic E-state index is 0.130. The maximum absolute atomic E-state index is 12.1. The standard InChI is InChI=1S/C13H16BrClN2O2/c1-13(2)6-9(3-4-19-13)17-12(18)8-5-10(14)11(15)16-7-8/h5,7,9H,3-4,6H2,1-2H3,(H,17,18)/t9-/m0/s1. The molecule has 0 unspecified atom stereocenters. The molecule has 19 heavy (non-hydrogen) atoms. The lowest BCUT2D eigenvalue weighted by Gasteiger charge is -2.35. The zero-order valence-electron chi connectivity index (χ0n) is 10.9. The number of nitrogens with zero attached hydrogens (tertiary/aromatic N) is 1. The minimum Gasteiger partial charge on any atom is -0.375 e.